The summed E-state index contributed by atoms with van der Waals surface area (Å²) in [6.07, 6.45) is 3.48. The zero-order chi connectivity index (χ0) is 16.4. The van der Waals surface area contributed by atoms with Gasteiger partial charge in [0.2, 0.25) is 0 Å². The summed E-state index contributed by atoms with van der Waals surface area (Å²) in [5, 5.41) is 0.883. The third-order valence-corrected chi connectivity index (χ3v) is 4.28. The molecule has 0 aliphatic heterocycles. The van der Waals surface area contributed by atoms with Crippen molar-refractivity contribution >= 4 is 24.7 Å². The molecule has 2 N–H and O–H groups in total. The number of pyridine rings is 2. The summed E-state index contributed by atoms with van der Waals surface area (Å²) in [7, 11) is -1.35. The predicted octanol–water partition coefficient (Wildman–Crippen LogP) is 4.11. The minimum Gasteiger partial charge on any atom is -0.398 e. The molecule has 0 spiro atoms. The average Bonchev–Trinajstić information content (AvgIpc) is 2.53. The highest BCUT2D eigenvalue weighted by molar-refractivity contribution is 6.83. The molecule has 0 saturated carbocycles. The summed E-state index contributed by atoms with van der Waals surface area (Å²) >= 11 is 0. The molecule has 23 heavy (non-hydrogen) atoms. The van der Waals surface area contributed by atoms with E-state index >= 15 is 0 Å². The first-order chi connectivity index (χ1) is 10.9. The van der Waals surface area contributed by atoms with Crippen LogP contribution in [-0.2, 0) is 0 Å². The monoisotopic (exact) mass is 317 g/mol. The number of rotatable bonds is 1. The molecule has 3 aromatic rings. The van der Waals surface area contributed by atoms with Crippen molar-refractivity contribution in [3.63, 3.8) is 0 Å². The smallest absolute Gasteiger partial charge is 0.129 e. The maximum Gasteiger partial charge on any atom is 0.129 e. The fraction of sp³-hybridized carbons (Fsp3) is 0.158. The molecular formula is C19H19N3Si. The highest BCUT2D eigenvalue weighted by Crippen LogP contribution is 2.25. The van der Waals surface area contributed by atoms with Crippen LogP contribution in [0.25, 0.3) is 22.2 Å². The van der Waals surface area contributed by atoms with E-state index in [9.17, 15) is 0 Å². The highest BCUT2D eigenvalue weighted by atomic mass is 28.3. The van der Waals surface area contributed by atoms with E-state index in [1.807, 2.05) is 36.4 Å². The fourth-order valence-corrected chi connectivity index (χ4v) is 2.75. The Morgan fingerprint density at radius 2 is 1.78 bits per heavy atom. The summed E-state index contributed by atoms with van der Waals surface area (Å²) in [6.45, 7) is 6.72. The van der Waals surface area contributed by atoms with Crippen LogP contribution in [0, 0.1) is 11.5 Å². The summed E-state index contributed by atoms with van der Waals surface area (Å²) in [6, 6.07) is 11.9. The quantitative estimate of drug-likeness (QED) is 0.543. The van der Waals surface area contributed by atoms with Crippen LogP contribution in [0.15, 0.2) is 48.8 Å². The van der Waals surface area contributed by atoms with Crippen LogP contribution < -0.4 is 5.73 Å². The molecule has 0 bridgehead atoms. The standard InChI is InChI=1S/C19H19N3Si/c1-23(2,3)11-9-14-4-6-15(7-5-14)19-12-17(20)16-13-21-10-8-18(16)22-19/h4-8,10,12-13H,1-3H3,(H2,20,22). The van der Waals surface area contributed by atoms with Gasteiger partial charge in [0.15, 0.2) is 0 Å². The van der Waals surface area contributed by atoms with Gasteiger partial charge < -0.3 is 5.73 Å². The van der Waals surface area contributed by atoms with Crippen molar-refractivity contribution in [3.8, 4) is 22.7 Å². The molecule has 2 aromatic heterocycles. The van der Waals surface area contributed by atoms with E-state index in [-0.39, 0.29) is 0 Å². The number of nitrogens with zero attached hydrogens (tertiary/aromatic N) is 2. The number of aromatic nitrogens is 2. The molecule has 4 heteroatoms. The molecule has 1 aromatic carbocycles. The second-order valence-electron chi connectivity index (χ2n) is 6.57. The predicted molar refractivity (Wildman–Crippen MR) is 99.6 cm³/mol. The second-order valence-corrected chi connectivity index (χ2v) is 11.3. The summed E-state index contributed by atoms with van der Waals surface area (Å²) < 4.78 is 0. The molecule has 0 aliphatic rings. The summed E-state index contributed by atoms with van der Waals surface area (Å²) in [5.41, 5.74) is 14.0. The van der Waals surface area contributed by atoms with Gasteiger partial charge in [-0.05, 0) is 24.3 Å². The van der Waals surface area contributed by atoms with Crippen LogP contribution in [0.5, 0.6) is 0 Å². The fourth-order valence-electron chi connectivity index (χ4n) is 2.23. The normalized spacial score (nSPS) is 11.1. The van der Waals surface area contributed by atoms with Crippen LogP contribution in [-0.4, -0.2) is 18.0 Å². The van der Waals surface area contributed by atoms with Crippen LogP contribution in [0.1, 0.15) is 5.56 Å². The van der Waals surface area contributed by atoms with E-state index < -0.39 is 8.07 Å². The number of fused-ring (bicyclic) bond motifs is 1. The average molecular weight is 317 g/mol. The van der Waals surface area contributed by atoms with Gasteiger partial charge in [0, 0.05) is 34.6 Å². The van der Waals surface area contributed by atoms with E-state index in [0.29, 0.717) is 5.69 Å². The first-order valence-corrected chi connectivity index (χ1v) is 11.1. The van der Waals surface area contributed by atoms with Crippen LogP contribution >= 0.6 is 0 Å². The van der Waals surface area contributed by atoms with Crippen molar-refractivity contribution < 1.29 is 0 Å². The molecule has 0 unspecified atom stereocenters. The SMILES string of the molecule is C[Si](C)(C)C#Cc1ccc(-c2cc(N)c3cnccc3n2)cc1. The van der Waals surface area contributed by atoms with Crippen molar-refractivity contribution in [1.29, 1.82) is 0 Å². The van der Waals surface area contributed by atoms with E-state index in [1.54, 1.807) is 12.4 Å². The Morgan fingerprint density at radius 1 is 1.04 bits per heavy atom. The maximum absolute atomic E-state index is 6.12. The Hall–Kier alpha value is -2.64. The van der Waals surface area contributed by atoms with Crippen molar-refractivity contribution in [2.75, 3.05) is 5.73 Å². The minimum absolute atomic E-state index is 0.695. The van der Waals surface area contributed by atoms with Crippen molar-refractivity contribution in [2.24, 2.45) is 0 Å². The first kappa shape index (κ1) is 15.3. The molecule has 3 nitrogen and oxygen atoms in total. The largest absolute Gasteiger partial charge is 0.398 e. The number of hydrogen-bond acceptors (Lipinski definition) is 3. The molecule has 0 atom stereocenters. The Bertz CT molecular complexity index is 913. The van der Waals surface area contributed by atoms with Gasteiger partial charge in [-0.1, -0.05) is 37.7 Å². The van der Waals surface area contributed by atoms with Crippen LogP contribution in [0.4, 0.5) is 5.69 Å². The third kappa shape index (κ3) is 3.58. The second kappa shape index (κ2) is 5.86. The number of nitrogens with two attached hydrogens (primary N) is 1. The van der Waals surface area contributed by atoms with E-state index in [1.165, 1.54) is 0 Å². The number of hydrogen-bond donors (Lipinski definition) is 1. The molecule has 0 saturated heterocycles. The number of anilines is 1. The molecule has 3 rings (SSSR count). The van der Waals surface area contributed by atoms with Crippen molar-refractivity contribution in [2.45, 2.75) is 19.6 Å². The summed E-state index contributed by atoms with van der Waals surface area (Å²) in [5.74, 6) is 3.26. The van der Waals surface area contributed by atoms with Gasteiger partial charge in [-0.3, -0.25) is 4.98 Å². The molecule has 0 aliphatic carbocycles. The van der Waals surface area contributed by atoms with E-state index in [4.69, 9.17) is 5.73 Å². The van der Waals surface area contributed by atoms with Gasteiger partial charge in [0.1, 0.15) is 8.07 Å². The van der Waals surface area contributed by atoms with Crippen LogP contribution in [0.2, 0.25) is 19.6 Å². The Kier molecular flexibility index (Phi) is 3.89. The lowest BCUT2D eigenvalue weighted by atomic mass is 10.1. The summed E-state index contributed by atoms with van der Waals surface area (Å²) in [4.78, 5) is 8.77. The van der Waals surface area contributed by atoms with Crippen LogP contribution in [0.3, 0.4) is 0 Å². The van der Waals surface area contributed by atoms with Gasteiger partial charge in [0.25, 0.3) is 0 Å². The Labute approximate surface area is 137 Å². The minimum atomic E-state index is -1.35. The third-order valence-electron chi connectivity index (χ3n) is 3.40. The lowest BCUT2D eigenvalue weighted by Gasteiger charge is -2.06. The maximum atomic E-state index is 6.12. The topological polar surface area (TPSA) is 51.8 Å². The van der Waals surface area contributed by atoms with Gasteiger partial charge in [0.05, 0.1) is 11.2 Å². The molecule has 114 valence electrons. The van der Waals surface area contributed by atoms with Gasteiger partial charge in [-0.15, -0.1) is 5.54 Å². The zero-order valence-electron chi connectivity index (χ0n) is 13.6. The molecular weight excluding hydrogens is 298 g/mol. The van der Waals surface area contributed by atoms with Crippen molar-refractivity contribution in [3.05, 3.63) is 54.4 Å². The van der Waals surface area contributed by atoms with E-state index in [0.717, 1.165) is 27.7 Å². The zero-order valence-corrected chi connectivity index (χ0v) is 14.6. The van der Waals surface area contributed by atoms with Gasteiger partial charge in [-0.2, -0.15) is 0 Å². The first-order valence-electron chi connectivity index (χ1n) is 7.56. The molecule has 0 radical (unpaired) electrons. The van der Waals surface area contributed by atoms with Gasteiger partial charge in [-0.25, -0.2) is 4.98 Å². The van der Waals surface area contributed by atoms with Gasteiger partial charge >= 0.3 is 0 Å². The number of nitrogen functional groups attached to an aromatic ring is 1. The van der Waals surface area contributed by atoms with E-state index in [2.05, 4.69) is 41.1 Å². The Morgan fingerprint density at radius 3 is 2.48 bits per heavy atom. The molecule has 0 amide bonds. The number of benzene rings is 1. The lowest BCUT2D eigenvalue weighted by Crippen LogP contribution is -2.16. The highest BCUT2D eigenvalue weighted by Gasteiger charge is 2.08. The lowest BCUT2D eigenvalue weighted by molar-refractivity contribution is 1.32. The molecule has 2 heterocycles. The Balaban J connectivity index is 1.97. The van der Waals surface area contributed by atoms with Crippen molar-refractivity contribution in [1.82, 2.24) is 9.97 Å². The molecule has 0 fully saturated rings.